The van der Waals surface area contributed by atoms with E-state index in [1.54, 1.807) is 0 Å². The minimum absolute atomic E-state index is 0.0207. The van der Waals surface area contributed by atoms with Crippen LogP contribution in [0, 0.1) is 0 Å². The van der Waals surface area contributed by atoms with E-state index in [9.17, 15) is 14.4 Å². The Balaban J connectivity index is 2.00. The van der Waals surface area contributed by atoms with Crippen LogP contribution in [0.1, 0.15) is 74.8 Å². The van der Waals surface area contributed by atoms with Crippen molar-refractivity contribution in [2.75, 3.05) is 39.3 Å². The molecule has 0 bridgehead atoms. The summed E-state index contributed by atoms with van der Waals surface area (Å²) in [4.78, 5) is 40.4. The van der Waals surface area contributed by atoms with Gasteiger partial charge >= 0.3 is 0 Å². The van der Waals surface area contributed by atoms with Gasteiger partial charge in [0.2, 0.25) is 17.7 Å². The molecule has 2 rings (SSSR count). The highest BCUT2D eigenvalue weighted by Crippen LogP contribution is 2.28. The fraction of sp³-hybridized carbons (Fsp3) is 0.545. The Bertz CT molecular complexity index is 979. The van der Waals surface area contributed by atoms with Gasteiger partial charge in [-0.05, 0) is 62.7 Å². The molecule has 0 aliphatic carbocycles. The van der Waals surface area contributed by atoms with Gasteiger partial charge in [-0.2, -0.15) is 0 Å². The second-order valence-electron chi connectivity index (χ2n) is 11.0. The molecule has 10 heteroatoms. The van der Waals surface area contributed by atoms with E-state index in [1.165, 1.54) is 0 Å². The number of carbonyl (C=O) groups excluding carboxylic acids is 3. The minimum Gasteiger partial charge on any atom is -0.355 e. The van der Waals surface area contributed by atoms with Gasteiger partial charge in [0.25, 0.3) is 0 Å². The summed E-state index contributed by atoms with van der Waals surface area (Å²) in [7, 11) is 0. The summed E-state index contributed by atoms with van der Waals surface area (Å²) in [5.74, 6) is -0.440. The Morgan fingerprint density at radius 3 is 1.44 bits per heavy atom. The SMILES string of the molecule is NCCCC[C@H](N)C(=O)NCCCN(CCCNC(=O)[C@@H](N)CCCCN)C(=O)CC(c1ccccc1)c1ccccc1. The van der Waals surface area contributed by atoms with Crippen molar-refractivity contribution in [1.82, 2.24) is 15.5 Å². The molecule has 0 radical (unpaired) electrons. The molecular formula is C33H53N7O3. The maximum Gasteiger partial charge on any atom is 0.236 e. The average Bonchev–Trinajstić information content (AvgIpc) is 3.03. The summed E-state index contributed by atoms with van der Waals surface area (Å²) in [6, 6.07) is 19.0. The summed E-state index contributed by atoms with van der Waals surface area (Å²) in [6.07, 6.45) is 5.98. The van der Waals surface area contributed by atoms with Gasteiger partial charge in [0, 0.05) is 38.5 Å². The predicted molar refractivity (Wildman–Crippen MR) is 173 cm³/mol. The highest BCUT2D eigenvalue weighted by Gasteiger charge is 2.22. The van der Waals surface area contributed by atoms with Crippen molar-refractivity contribution < 1.29 is 14.4 Å². The summed E-state index contributed by atoms with van der Waals surface area (Å²) < 4.78 is 0. The lowest BCUT2D eigenvalue weighted by molar-refractivity contribution is -0.131. The van der Waals surface area contributed by atoms with Gasteiger partial charge in [0.15, 0.2) is 0 Å². The number of rotatable bonds is 22. The molecule has 0 aliphatic rings. The van der Waals surface area contributed by atoms with Crippen LogP contribution in [0.3, 0.4) is 0 Å². The number of unbranched alkanes of at least 4 members (excludes halogenated alkanes) is 2. The Morgan fingerprint density at radius 1 is 0.628 bits per heavy atom. The van der Waals surface area contributed by atoms with E-state index in [2.05, 4.69) is 10.6 Å². The van der Waals surface area contributed by atoms with Gasteiger partial charge in [-0.15, -0.1) is 0 Å². The third-order valence-corrected chi connectivity index (χ3v) is 7.56. The Labute approximate surface area is 257 Å². The second-order valence-corrected chi connectivity index (χ2v) is 11.0. The molecule has 0 fully saturated rings. The number of hydrogen-bond donors (Lipinski definition) is 6. The van der Waals surface area contributed by atoms with Crippen LogP contribution in [0.4, 0.5) is 0 Å². The van der Waals surface area contributed by atoms with Crippen LogP contribution in [-0.4, -0.2) is 74.0 Å². The van der Waals surface area contributed by atoms with Gasteiger partial charge in [-0.3, -0.25) is 14.4 Å². The van der Waals surface area contributed by atoms with E-state index in [0.29, 0.717) is 71.4 Å². The number of carbonyl (C=O) groups is 3. The first-order valence-electron chi connectivity index (χ1n) is 15.7. The summed E-state index contributed by atoms with van der Waals surface area (Å²) >= 11 is 0. The standard InChI is InChI=1S/C33H53N7O3/c34-19-9-7-17-29(36)32(42)38-21-11-23-40(24-12-22-39-33(43)30(37)18-8-10-20-35)31(41)25-28(26-13-3-1-4-14-26)27-15-5-2-6-16-27/h1-6,13-16,28-30H,7-12,17-25,34-37H2,(H,38,42)(H,39,43)/t29-,30-/m0/s1. The predicted octanol–water partition coefficient (Wildman–Crippen LogP) is 1.96. The summed E-state index contributed by atoms with van der Waals surface area (Å²) in [6.45, 7) is 2.96. The largest absolute Gasteiger partial charge is 0.355 e. The molecule has 0 aromatic heterocycles. The number of hydrogen-bond acceptors (Lipinski definition) is 7. The first-order valence-corrected chi connectivity index (χ1v) is 15.7. The van der Waals surface area contributed by atoms with E-state index < -0.39 is 12.1 Å². The fourth-order valence-electron chi connectivity index (χ4n) is 4.97. The third-order valence-electron chi connectivity index (χ3n) is 7.56. The molecule has 2 aromatic carbocycles. The van der Waals surface area contributed by atoms with Crippen LogP contribution >= 0.6 is 0 Å². The molecule has 0 heterocycles. The highest BCUT2D eigenvalue weighted by molar-refractivity contribution is 5.82. The molecule has 0 saturated carbocycles. The zero-order valence-electron chi connectivity index (χ0n) is 25.6. The van der Waals surface area contributed by atoms with Gasteiger partial charge in [-0.1, -0.05) is 73.5 Å². The highest BCUT2D eigenvalue weighted by atomic mass is 16.2. The fourth-order valence-corrected chi connectivity index (χ4v) is 4.97. The van der Waals surface area contributed by atoms with Crippen LogP contribution in [0.25, 0.3) is 0 Å². The number of nitrogens with zero attached hydrogens (tertiary/aromatic N) is 1. The molecule has 3 amide bonds. The van der Waals surface area contributed by atoms with Crippen molar-refractivity contribution >= 4 is 17.7 Å². The first kappa shape index (κ1) is 35.9. The van der Waals surface area contributed by atoms with Crippen LogP contribution in [0.2, 0.25) is 0 Å². The van der Waals surface area contributed by atoms with Crippen molar-refractivity contribution in [3.8, 4) is 0 Å². The average molecular weight is 596 g/mol. The Morgan fingerprint density at radius 2 is 1.05 bits per heavy atom. The normalized spacial score (nSPS) is 12.5. The lowest BCUT2D eigenvalue weighted by Crippen LogP contribution is -2.43. The molecule has 2 atom stereocenters. The molecule has 0 unspecified atom stereocenters. The molecule has 0 spiro atoms. The van der Waals surface area contributed by atoms with Crippen LogP contribution < -0.4 is 33.6 Å². The molecule has 10 nitrogen and oxygen atoms in total. The van der Waals surface area contributed by atoms with E-state index in [0.717, 1.165) is 36.8 Å². The molecule has 238 valence electrons. The molecule has 0 saturated heterocycles. The van der Waals surface area contributed by atoms with Crippen molar-refractivity contribution in [2.24, 2.45) is 22.9 Å². The lowest BCUT2D eigenvalue weighted by Gasteiger charge is -2.26. The van der Waals surface area contributed by atoms with Crippen LogP contribution in [0.15, 0.2) is 60.7 Å². The second kappa shape index (κ2) is 21.4. The van der Waals surface area contributed by atoms with Crippen molar-refractivity contribution in [2.45, 2.75) is 75.8 Å². The van der Waals surface area contributed by atoms with Crippen LogP contribution in [-0.2, 0) is 14.4 Å². The zero-order chi connectivity index (χ0) is 31.3. The quantitative estimate of drug-likeness (QED) is 0.112. The van der Waals surface area contributed by atoms with Gasteiger partial charge in [0.1, 0.15) is 0 Å². The van der Waals surface area contributed by atoms with Gasteiger partial charge in [0.05, 0.1) is 12.1 Å². The number of nitrogens with one attached hydrogen (secondary N) is 2. The lowest BCUT2D eigenvalue weighted by atomic mass is 9.88. The molecule has 43 heavy (non-hydrogen) atoms. The minimum atomic E-state index is -0.563. The third kappa shape index (κ3) is 14.1. The summed E-state index contributed by atoms with van der Waals surface area (Å²) in [5.41, 5.74) is 25.2. The zero-order valence-corrected chi connectivity index (χ0v) is 25.6. The van der Waals surface area contributed by atoms with Crippen molar-refractivity contribution in [3.63, 3.8) is 0 Å². The van der Waals surface area contributed by atoms with Gasteiger partial charge < -0.3 is 38.5 Å². The Kier molecular flexibility index (Phi) is 17.9. The molecule has 10 N–H and O–H groups in total. The summed E-state index contributed by atoms with van der Waals surface area (Å²) in [5, 5.41) is 5.80. The monoisotopic (exact) mass is 595 g/mol. The number of nitrogens with two attached hydrogens (primary N) is 4. The van der Waals surface area contributed by atoms with Crippen LogP contribution in [0.5, 0.6) is 0 Å². The van der Waals surface area contributed by atoms with E-state index in [-0.39, 0.29) is 23.6 Å². The van der Waals surface area contributed by atoms with Gasteiger partial charge in [-0.25, -0.2) is 0 Å². The van der Waals surface area contributed by atoms with E-state index in [1.807, 2.05) is 65.6 Å². The first-order chi connectivity index (χ1) is 20.9. The maximum absolute atomic E-state index is 13.8. The smallest absolute Gasteiger partial charge is 0.236 e. The van der Waals surface area contributed by atoms with Crippen molar-refractivity contribution in [3.05, 3.63) is 71.8 Å². The molecule has 2 aromatic rings. The Hall–Kier alpha value is -3.31. The van der Waals surface area contributed by atoms with E-state index in [4.69, 9.17) is 22.9 Å². The number of benzene rings is 2. The maximum atomic E-state index is 13.8. The van der Waals surface area contributed by atoms with E-state index >= 15 is 0 Å². The topological polar surface area (TPSA) is 183 Å². The van der Waals surface area contributed by atoms with Crippen molar-refractivity contribution in [1.29, 1.82) is 0 Å². The molecule has 0 aliphatic heterocycles. The molecular weight excluding hydrogens is 542 g/mol. The number of amides is 3.